The second-order valence-corrected chi connectivity index (χ2v) is 11.6. The first kappa shape index (κ1) is 27.9. The largest absolute Gasteiger partial charge is 0.481 e. The molecule has 3 heterocycles. The van der Waals surface area contributed by atoms with Crippen LogP contribution in [0.15, 0.2) is 60.8 Å². The van der Waals surface area contributed by atoms with Gasteiger partial charge in [-0.2, -0.15) is 0 Å². The Morgan fingerprint density at radius 1 is 0.974 bits per heavy atom. The predicted molar refractivity (Wildman–Crippen MR) is 160 cm³/mol. The van der Waals surface area contributed by atoms with Crippen LogP contribution < -0.4 is 4.74 Å². The van der Waals surface area contributed by atoms with Crippen LogP contribution in [0.3, 0.4) is 0 Å². The van der Waals surface area contributed by atoms with Crippen LogP contribution in [0.4, 0.5) is 0 Å². The molecule has 39 heavy (non-hydrogen) atoms. The van der Waals surface area contributed by atoms with Crippen molar-refractivity contribution in [1.29, 1.82) is 0 Å². The van der Waals surface area contributed by atoms with Crippen LogP contribution in [0, 0.1) is 0 Å². The Bertz CT molecular complexity index is 1520. The fourth-order valence-corrected chi connectivity index (χ4v) is 5.85. The van der Waals surface area contributed by atoms with Crippen molar-refractivity contribution in [3.8, 4) is 39.5 Å². The number of hydrogen-bond acceptors (Lipinski definition) is 5. The second-order valence-electron chi connectivity index (χ2n) is 10.4. The van der Waals surface area contributed by atoms with Gasteiger partial charge in [-0.3, -0.25) is 9.88 Å². The third kappa shape index (κ3) is 6.08. The highest BCUT2D eigenvalue weighted by atomic mass is 35.5. The Kier molecular flexibility index (Phi) is 8.18. The molecule has 4 aromatic rings. The second kappa shape index (κ2) is 11.4. The van der Waals surface area contributed by atoms with Gasteiger partial charge in [-0.1, -0.05) is 59.1 Å². The van der Waals surface area contributed by atoms with Crippen LogP contribution in [0.1, 0.15) is 31.4 Å². The molecule has 2 aromatic heterocycles. The third-order valence-corrected chi connectivity index (χ3v) is 8.19. The van der Waals surface area contributed by atoms with Crippen LogP contribution >= 0.6 is 34.8 Å². The van der Waals surface area contributed by atoms with Crippen molar-refractivity contribution in [1.82, 2.24) is 14.9 Å². The van der Waals surface area contributed by atoms with Crippen molar-refractivity contribution in [2.24, 2.45) is 0 Å². The third-order valence-electron chi connectivity index (χ3n) is 7.07. The highest BCUT2D eigenvalue weighted by Gasteiger charge is 2.23. The minimum Gasteiger partial charge on any atom is -0.481 e. The fourth-order valence-electron chi connectivity index (χ4n) is 4.90. The summed E-state index contributed by atoms with van der Waals surface area (Å²) in [5, 5.41) is 11.9. The Labute approximate surface area is 244 Å². The van der Waals surface area contributed by atoms with Gasteiger partial charge in [0.05, 0.1) is 34.1 Å². The molecule has 1 aliphatic rings. The van der Waals surface area contributed by atoms with Crippen molar-refractivity contribution in [3.63, 3.8) is 0 Å². The number of benzene rings is 2. The van der Waals surface area contributed by atoms with Gasteiger partial charge in [0.25, 0.3) is 0 Å². The van der Waals surface area contributed by atoms with E-state index in [-0.39, 0.29) is 0 Å². The quantitative estimate of drug-likeness (QED) is 0.239. The number of hydrogen-bond donors (Lipinski definition) is 1. The molecule has 5 rings (SSSR count). The zero-order valence-electron chi connectivity index (χ0n) is 22.1. The standard InChI is InChI=1S/C31H30Cl3N3O2/c1-31(2,38)12-15-37-14-11-19-16-20(17-25(32)24(19)18-37)30-29(34)22(10-13-35-30)21-6-4-7-23(28(21)33)26-8-5-9-27(36-26)39-3/h4-10,13,16-17,38H,11-12,14-15,18H2,1-3H3. The van der Waals surface area contributed by atoms with Crippen LogP contribution in [0.2, 0.25) is 15.1 Å². The summed E-state index contributed by atoms with van der Waals surface area (Å²) in [5.74, 6) is 0.517. The molecule has 0 saturated heterocycles. The van der Waals surface area contributed by atoms with E-state index >= 15 is 0 Å². The van der Waals surface area contributed by atoms with E-state index in [0.29, 0.717) is 38.8 Å². The number of halogens is 3. The van der Waals surface area contributed by atoms with Crippen molar-refractivity contribution >= 4 is 34.8 Å². The normalized spacial score (nSPS) is 13.8. The average molecular weight is 583 g/mol. The maximum absolute atomic E-state index is 10.1. The topological polar surface area (TPSA) is 58.5 Å². The lowest BCUT2D eigenvalue weighted by molar-refractivity contribution is 0.0558. The maximum Gasteiger partial charge on any atom is 0.213 e. The molecule has 202 valence electrons. The smallest absolute Gasteiger partial charge is 0.213 e. The van der Waals surface area contributed by atoms with Crippen molar-refractivity contribution in [2.75, 3.05) is 20.2 Å². The van der Waals surface area contributed by atoms with Crippen LogP contribution in [0.5, 0.6) is 5.88 Å². The van der Waals surface area contributed by atoms with Gasteiger partial charge >= 0.3 is 0 Å². The molecule has 5 nitrogen and oxygen atoms in total. The minimum atomic E-state index is -0.686. The summed E-state index contributed by atoms with van der Waals surface area (Å²) in [7, 11) is 1.59. The summed E-state index contributed by atoms with van der Waals surface area (Å²) >= 11 is 20.8. The van der Waals surface area contributed by atoms with Gasteiger partial charge in [0.15, 0.2) is 0 Å². The molecule has 0 unspecified atom stereocenters. The zero-order chi connectivity index (χ0) is 27.7. The fraction of sp³-hybridized carbons (Fsp3) is 0.290. The molecule has 0 saturated carbocycles. The molecule has 1 N–H and O–H groups in total. The van der Waals surface area contributed by atoms with E-state index in [4.69, 9.17) is 39.5 Å². The minimum absolute atomic E-state index is 0.508. The van der Waals surface area contributed by atoms with Crippen LogP contribution in [-0.2, 0) is 13.0 Å². The first-order valence-corrected chi connectivity index (χ1v) is 14.0. The van der Waals surface area contributed by atoms with E-state index in [1.54, 1.807) is 19.4 Å². The van der Waals surface area contributed by atoms with E-state index in [0.717, 1.165) is 53.9 Å². The molecule has 2 aromatic carbocycles. The molecule has 0 amide bonds. The number of methoxy groups -OCH3 is 1. The molecular formula is C31H30Cl3N3O2. The summed E-state index contributed by atoms with van der Waals surface area (Å²) in [6, 6.07) is 17.3. The highest BCUT2D eigenvalue weighted by Crippen LogP contribution is 2.42. The van der Waals surface area contributed by atoms with Gasteiger partial charge in [-0.15, -0.1) is 0 Å². The Morgan fingerprint density at radius 3 is 2.49 bits per heavy atom. The highest BCUT2D eigenvalue weighted by molar-refractivity contribution is 6.39. The molecule has 8 heteroatoms. The van der Waals surface area contributed by atoms with Gasteiger partial charge in [0, 0.05) is 59.2 Å². The summed E-state index contributed by atoms with van der Waals surface area (Å²) < 4.78 is 5.29. The number of aromatic nitrogens is 2. The molecule has 1 aliphatic heterocycles. The number of rotatable bonds is 7. The molecule has 0 aliphatic carbocycles. The molecule has 0 fully saturated rings. The lowest BCUT2D eigenvalue weighted by atomic mass is 9.94. The van der Waals surface area contributed by atoms with Crippen molar-refractivity contribution in [2.45, 2.75) is 38.8 Å². The molecular weight excluding hydrogens is 553 g/mol. The average Bonchev–Trinajstić information content (AvgIpc) is 2.92. The van der Waals surface area contributed by atoms with E-state index in [1.165, 1.54) is 5.56 Å². The number of nitrogens with zero attached hydrogens (tertiary/aromatic N) is 3. The van der Waals surface area contributed by atoms with E-state index in [2.05, 4.69) is 20.9 Å². The Balaban J connectivity index is 1.48. The Morgan fingerprint density at radius 2 is 1.72 bits per heavy atom. The summed E-state index contributed by atoms with van der Waals surface area (Å²) in [4.78, 5) is 11.5. The summed E-state index contributed by atoms with van der Waals surface area (Å²) in [5.41, 5.74) is 6.23. The number of fused-ring (bicyclic) bond motifs is 1. The van der Waals surface area contributed by atoms with Gasteiger partial charge < -0.3 is 9.84 Å². The number of ether oxygens (including phenoxy) is 1. The molecule has 0 atom stereocenters. The van der Waals surface area contributed by atoms with E-state index < -0.39 is 5.60 Å². The van der Waals surface area contributed by atoms with E-state index in [9.17, 15) is 5.11 Å². The predicted octanol–water partition coefficient (Wildman–Crippen LogP) is 7.97. The van der Waals surface area contributed by atoms with E-state index in [1.807, 2.05) is 56.3 Å². The monoisotopic (exact) mass is 581 g/mol. The lowest BCUT2D eigenvalue weighted by Gasteiger charge is -2.31. The summed E-state index contributed by atoms with van der Waals surface area (Å²) in [6.45, 7) is 6.17. The first-order chi connectivity index (χ1) is 18.6. The SMILES string of the molecule is COc1cccc(-c2cccc(-c3ccnc(-c4cc(Cl)c5c(c4)CCN(CCC(C)(C)O)C5)c3Cl)c2Cl)n1. The first-order valence-electron chi connectivity index (χ1n) is 12.9. The maximum atomic E-state index is 10.1. The Hall–Kier alpha value is -2.67. The number of aliphatic hydroxyl groups is 1. The van der Waals surface area contributed by atoms with Crippen LogP contribution in [0.25, 0.3) is 33.6 Å². The molecule has 0 radical (unpaired) electrons. The van der Waals surface area contributed by atoms with Crippen molar-refractivity contribution < 1.29 is 9.84 Å². The van der Waals surface area contributed by atoms with Gasteiger partial charge in [-0.05, 0) is 62.1 Å². The molecule has 0 bridgehead atoms. The van der Waals surface area contributed by atoms with Crippen molar-refractivity contribution in [3.05, 3.63) is 87.0 Å². The lowest BCUT2D eigenvalue weighted by Crippen LogP contribution is -2.35. The number of pyridine rings is 2. The van der Waals surface area contributed by atoms with Gasteiger partial charge in [0.1, 0.15) is 0 Å². The summed E-state index contributed by atoms with van der Waals surface area (Å²) in [6.07, 6.45) is 3.32. The van der Waals surface area contributed by atoms with Crippen LogP contribution in [-0.4, -0.2) is 45.8 Å². The zero-order valence-corrected chi connectivity index (χ0v) is 24.4. The van der Waals surface area contributed by atoms with Gasteiger partial charge in [0.2, 0.25) is 5.88 Å². The van der Waals surface area contributed by atoms with Gasteiger partial charge in [-0.25, -0.2) is 4.98 Å². The molecule has 0 spiro atoms.